The largest absolute Gasteiger partial charge is 0.336 e. The lowest BCUT2D eigenvalue weighted by Gasteiger charge is -2.10. The number of aromatic nitrogens is 2. The van der Waals surface area contributed by atoms with E-state index in [1.54, 1.807) is 0 Å². The Morgan fingerprint density at radius 3 is 2.71 bits per heavy atom. The first kappa shape index (κ1) is 9.25. The topological polar surface area (TPSA) is 17.8 Å². The molecule has 2 heteroatoms. The molecule has 14 heavy (non-hydrogen) atoms. The molecule has 0 bridgehead atoms. The Morgan fingerprint density at radius 2 is 2.07 bits per heavy atom. The lowest BCUT2D eigenvalue weighted by Crippen LogP contribution is -1.96. The van der Waals surface area contributed by atoms with E-state index in [1.807, 2.05) is 13.2 Å². The van der Waals surface area contributed by atoms with E-state index < -0.39 is 0 Å². The SMILES string of the molecule is Cc1cnc2c(ccn2C)c1C(C)C. The molecule has 74 valence electrons. The van der Waals surface area contributed by atoms with E-state index in [2.05, 4.69) is 42.6 Å². The first-order valence-corrected chi connectivity index (χ1v) is 5.01. The number of fused-ring (bicyclic) bond motifs is 1. The van der Waals surface area contributed by atoms with Gasteiger partial charge < -0.3 is 4.57 Å². The van der Waals surface area contributed by atoms with Gasteiger partial charge in [0.1, 0.15) is 5.65 Å². The van der Waals surface area contributed by atoms with Crippen LogP contribution in [-0.4, -0.2) is 9.55 Å². The number of hydrogen-bond acceptors (Lipinski definition) is 1. The normalized spacial score (nSPS) is 11.5. The van der Waals surface area contributed by atoms with Crippen molar-refractivity contribution in [2.45, 2.75) is 26.7 Å². The van der Waals surface area contributed by atoms with Crippen LogP contribution in [0.1, 0.15) is 30.9 Å². The zero-order valence-corrected chi connectivity index (χ0v) is 9.20. The predicted molar refractivity (Wildman–Crippen MR) is 59.5 cm³/mol. The van der Waals surface area contributed by atoms with Crippen LogP contribution in [0.5, 0.6) is 0 Å². The molecule has 2 aromatic rings. The molecule has 0 N–H and O–H groups in total. The maximum atomic E-state index is 4.45. The molecule has 0 spiro atoms. The van der Waals surface area contributed by atoms with Crippen LogP contribution in [0.2, 0.25) is 0 Å². The average molecular weight is 188 g/mol. The summed E-state index contributed by atoms with van der Waals surface area (Å²) in [5.41, 5.74) is 3.80. The van der Waals surface area contributed by atoms with Crippen LogP contribution < -0.4 is 0 Å². The van der Waals surface area contributed by atoms with Crippen LogP contribution in [-0.2, 0) is 7.05 Å². The van der Waals surface area contributed by atoms with Gasteiger partial charge in [-0.25, -0.2) is 4.98 Å². The van der Waals surface area contributed by atoms with Gasteiger partial charge in [0.15, 0.2) is 0 Å². The number of nitrogens with zero attached hydrogens (tertiary/aromatic N) is 2. The molecule has 0 radical (unpaired) electrons. The highest BCUT2D eigenvalue weighted by atomic mass is 15.0. The first-order valence-electron chi connectivity index (χ1n) is 5.01. The Hall–Kier alpha value is -1.31. The van der Waals surface area contributed by atoms with Crippen molar-refractivity contribution in [3.63, 3.8) is 0 Å². The van der Waals surface area contributed by atoms with Crippen LogP contribution in [0.25, 0.3) is 11.0 Å². The monoisotopic (exact) mass is 188 g/mol. The average Bonchev–Trinajstić information content (AvgIpc) is 2.47. The third kappa shape index (κ3) is 1.22. The standard InChI is InChI=1S/C12H16N2/c1-8(2)11-9(3)7-13-12-10(11)5-6-14(12)4/h5-8H,1-4H3. The van der Waals surface area contributed by atoms with Crippen molar-refractivity contribution in [3.05, 3.63) is 29.6 Å². The second kappa shape index (κ2) is 3.12. The van der Waals surface area contributed by atoms with E-state index in [9.17, 15) is 0 Å². The number of hydrogen-bond donors (Lipinski definition) is 0. The van der Waals surface area contributed by atoms with Crippen molar-refractivity contribution in [3.8, 4) is 0 Å². The van der Waals surface area contributed by atoms with Crippen molar-refractivity contribution in [2.24, 2.45) is 7.05 Å². The van der Waals surface area contributed by atoms with Gasteiger partial charge in [0.05, 0.1) is 0 Å². The summed E-state index contributed by atoms with van der Waals surface area (Å²) in [6, 6.07) is 2.16. The molecule has 0 unspecified atom stereocenters. The van der Waals surface area contributed by atoms with Gasteiger partial charge in [-0.2, -0.15) is 0 Å². The summed E-state index contributed by atoms with van der Waals surface area (Å²) in [6.45, 7) is 6.60. The summed E-state index contributed by atoms with van der Waals surface area (Å²) in [5, 5.41) is 1.29. The maximum absolute atomic E-state index is 4.45. The zero-order chi connectivity index (χ0) is 10.3. The van der Waals surface area contributed by atoms with Gasteiger partial charge in [-0.1, -0.05) is 13.8 Å². The summed E-state index contributed by atoms with van der Waals surface area (Å²) in [7, 11) is 2.04. The number of rotatable bonds is 1. The second-order valence-electron chi connectivity index (χ2n) is 4.17. The molecule has 0 aliphatic rings. The van der Waals surface area contributed by atoms with Gasteiger partial charge in [-0.05, 0) is 30.0 Å². The molecular formula is C12H16N2. The molecule has 0 fully saturated rings. The van der Waals surface area contributed by atoms with E-state index in [0.717, 1.165) is 5.65 Å². The zero-order valence-electron chi connectivity index (χ0n) is 9.20. The maximum Gasteiger partial charge on any atom is 0.139 e. The smallest absolute Gasteiger partial charge is 0.139 e. The van der Waals surface area contributed by atoms with Crippen LogP contribution >= 0.6 is 0 Å². The van der Waals surface area contributed by atoms with Crippen LogP contribution in [0, 0.1) is 6.92 Å². The van der Waals surface area contributed by atoms with Crippen molar-refractivity contribution >= 4 is 11.0 Å². The lowest BCUT2D eigenvalue weighted by molar-refractivity contribution is 0.861. The van der Waals surface area contributed by atoms with E-state index in [1.165, 1.54) is 16.5 Å². The minimum Gasteiger partial charge on any atom is -0.336 e. The third-order valence-electron chi connectivity index (χ3n) is 2.71. The molecule has 0 aliphatic heterocycles. The Kier molecular flexibility index (Phi) is 2.06. The summed E-state index contributed by atoms with van der Waals surface area (Å²) in [6.07, 6.45) is 4.04. The van der Waals surface area contributed by atoms with E-state index in [0.29, 0.717) is 5.92 Å². The Bertz CT molecular complexity index is 466. The Balaban J connectivity index is 2.83. The molecule has 0 saturated carbocycles. The van der Waals surface area contributed by atoms with E-state index in [-0.39, 0.29) is 0 Å². The van der Waals surface area contributed by atoms with E-state index >= 15 is 0 Å². The summed E-state index contributed by atoms with van der Waals surface area (Å²) in [5.74, 6) is 0.558. The molecule has 2 heterocycles. The quantitative estimate of drug-likeness (QED) is 0.672. The molecule has 0 saturated heterocycles. The summed E-state index contributed by atoms with van der Waals surface area (Å²) < 4.78 is 2.07. The van der Waals surface area contributed by atoms with Crippen molar-refractivity contribution in [1.29, 1.82) is 0 Å². The molecular weight excluding hydrogens is 172 g/mol. The van der Waals surface area contributed by atoms with Gasteiger partial charge in [0.25, 0.3) is 0 Å². The molecule has 0 aliphatic carbocycles. The van der Waals surface area contributed by atoms with Gasteiger partial charge in [-0.3, -0.25) is 0 Å². The third-order valence-corrected chi connectivity index (χ3v) is 2.71. The molecule has 2 nitrogen and oxygen atoms in total. The molecule has 2 aromatic heterocycles. The van der Waals surface area contributed by atoms with Gasteiger partial charge in [0.2, 0.25) is 0 Å². The number of aryl methyl sites for hydroxylation is 2. The van der Waals surface area contributed by atoms with Crippen LogP contribution in [0.4, 0.5) is 0 Å². The second-order valence-corrected chi connectivity index (χ2v) is 4.17. The predicted octanol–water partition coefficient (Wildman–Crippen LogP) is 3.01. The highest BCUT2D eigenvalue weighted by molar-refractivity contribution is 5.81. The molecule has 0 atom stereocenters. The highest BCUT2D eigenvalue weighted by Gasteiger charge is 2.10. The fraction of sp³-hybridized carbons (Fsp3) is 0.417. The first-order chi connectivity index (χ1) is 6.61. The Morgan fingerprint density at radius 1 is 1.36 bits per heavy atom. The van der Waals surface area contributed by atoms with Gasteiger partial charge in [-0.15, -0.1) is 0 Å². The summed E-state index contributed by atoms with van der Waals surface area (Å²) >= 11 is 0. The molecule has 0 aromatic carbocycles. The fourth-order valence-corrected chi connectivity index (χ4v) is 2.10. The van der Waals surface area contributed by atoms with Gasteiger partial charge >= 0.3 is 0 Å². The van der Waals surface area contributed by atoms with Crippen molar-refractivity contribution < 1.29 is 0 Å². The van der Waals surface area contributed by atoms with Crippen LogP contribution in [0.15, 0.2) is 18.5 Å². The highest BCUT2D eigenvalue weighted by Crippen LogP contribution is 2.27. The van der Waals surface area contributed by atoms with Crippen molar-refractivity contribution in [1.82, 2.24) is 9.55 Å². The van der Waals surface area contributed by atoms with E-state index in [4.69, 9.17) is 0 Å². The molecule has 2 rings (SSSR count). The number of pyridine rings is 1. The van der Waals surface area contributed by atoms with Gasteiger partial charge in [0, 0.05) is 24.8 Å². The Labute approximate surface area is 84.6 Å². The minimum atomic E-state index is 0.558. The molecule has 0 amide bonds. The van der Waals surface area contributed by atoms with Crippen molar-refractivity contribution in [2.75, 3.05) is 0 Å². The minimum absolute atomic E-state index is 0.558. The fourth-order valence-electron chi connectivity index (χ4n) is 2.10. The van der Waals surface area contributed by atoms with Crippen LogP contribution in [0.3, 0.4) is 0 Å². The summed E-state index contributed by atoms with van der Waals surface area (Å²) in [4.78, 5) is 4.45. The lowest BCUT2D eigenvalue weighted by atomic mass is 9.97.